The monoisotopic (exact) mass is 443 g/mol. The first-order chi connectivity index (χ1) is 16.1. The molecule has 1 aliphatic heterocycles. The highest BCUT2D eigenvalue weighted by Gasteiger charge is 2.22. The summed E-state index contributed by atoms with van der Waals surface area (Å²) in [4.78, 5) is 29.6. The van der Waals surface area contributed by atoms with Crippen LogP contribution in [0.1, 0.15) is 12.8 Å². The number of fused-ring (bicyclic) bond motifs is 2. The molecule has 1 fully saturated rings. The lowest BCUT2D eigenvalue weighted by atomic mass is 10.1. The minimum Gasteiger partial charge on any atom is -0.366 e. The number of amides is 1. The van der Waals surface area contributed by atoms with Gasteiger partial charge in [-0.2, -0.15) is 0 Å². The fraction of sp³-hybridized carbons (Fsp3) is 0.259. The number of para-hydroxylation sites is 3. The number of aromatic nitrogens is 1. The molecule has 0 radical (unpaired) electrons. The standard InChI is InChI=1S/C27H26FN3O2/c28-22-10-3-6-13-25(22)29-16-18-30(19-17-29)26(32)14-7-15-31-23-11-4-1-8-20(23)27(33)21-9-2-5-12-24(21)31/h1-6,8-13H,7,14-19H2. The summed E-state index contributed by atoms with van der Waals surface area (Å²) in [6.45, 7) is 3.10. The van der Waals surface area contributed by atoms with Crippen LogP contribution in [0.5, 0.6) is 0 Å². The van der Waals surface area contributed by atoms with Crippen molar-refractivity contribution < 1.29 is 9.18 Å². The van der Waals surface area contributed by atoms with Gasteiger partial charge in [0.15, 0.2) is 5.43 Å². The second kappa shape index (κ2) is 9.06. The summed E-state index contributed by atoms with van der Waals surface area (Å²) < 4.78 is 16.2. The third kappa shape index (κ3) is 4.09. The zero-order valence-electron chi connectivity index (χ0n) is 18.4. The van der Waals surface area contributed by atoms with Crippen LogP contribution in [0.3, 0.4) is 0 Å². The molecular weight excluding hydrogens is 417 g/mol. The Bertz CT molecular complexity index is 1310. The molecule has 0 spiro atoms. The van der Waals surface area contributed by atoms with E-state index in [1.807, 2.05) is 64.4 Å². The van der Waals surface area contributed by atoms with Crippen LogP contribution < -0.4 is 10.3 Å². The summed E-state index contributed by atoms with van der Waals surface area (Å²) in [7, 11) is 0. The third-order valence-corrected chi connectivity index (χ3v) is 6.48. The number of pyridine rings is 1. The summed E-state index contributed by atoms with van der Waals surface area (Å²) in [5.74, 6) is -0.101. The van der Waals surface area contributed by atoms with Gasteiger partial charge in [0.25, 0.3) is 0 Å². The van der Waals surface area contributed by atoms with Gasteiger partial charge in [-0.25, -0.2) is 4.39 Å². The van der Waals surface area contributed by atoms with E-state index in [1.165, 1.54) is 6.07 Å². The molecule has 1 aromatic heterocycles. The van der Waals surface area contributed by atoms with E-state index in [2.05, 4.69) is 4.57 Å². The van der Waals surface area contributed by atoms with Crippen LogP contribution in [0, 0.1) is 5.82 Å². The van der Waals surface area contributed by atoms with Crippen molar-refractivity contribution in [1.29, 1.82) is 0 Å². The number of piperazine rings is 1. The Morgan fingerprint density at radius 3 is 2.00 bits per heavy atom. The SMILES string of the molecule is O=C(CCCn1c2ccccc2c(=O)c2ccccc21)N1CCN(c2ccccc2F)CC1. The topological polar surface area (TPSA) is 45.6 Å². The molecule has 1 aliphatic rings. The lowest BCUT2D eigenvalue weighted by Crippen LogP contribution is -2.49. The quantitative estimate of drug-likeness (QED) is 0.429. The number of anilines is 1. The molecule has 33 heavy (non-hydrogen) atoms. The Morgan fingerprint density at radius 2 is 1.36 bits per heavy atom. The molecule has 2 heterocycles. The van der Waals surface area contributed by atoms with Crippen LogP contribution >= 0.6 is 0 Å². The number of nitrogens with zero attached hydrogens (tertiary/aromatic N) is 3. The van der Waals surface area contributed by atoms with E-state index in [0.29, 0.717) is 62.0 Å². The predicted molar refractivity (Wildman–Crippen MR) is 130 cm³/mol. The van der Waals surface area contributed by atoms with Crippen LogP contribution in [0.4, 0.5) is 10.1 Å². The van der Waals surface area contributed by atoms with Crippen molar-refractivity contribution >= 4 is 33.4 Å². The molecule has 1 saturated heterocycles. The highest BCUT2D eigenvalue weighted by atomic mass is 19.1. The van der Waals surface area contributed by atoms with Gasteiger partial charge in [-0.1, -0.05) is 36.4 Å². The molecule has 0 bridgehead atoms. The van der Waals surface area contributed by atoms with Crippen molar-refractivity contribution in [2.45, 2.75) is 19.4 Å². The van der Waals surface area contributed by atoms with E-state index in [1.54, 1.807) is 12.1 Å². The number of rotatable bonds is 5. The molecule has 1 amide bonds. The first-order valence-electron chi connectivity index (χ1n) is 11.4. The van der Waals surface area contributed by atoms with Gasteiger partial charge in [0.2, 0.25) is 5.91 Å². The molecule has 0 saturated carbocycles. The van der Waals surface area contributed by atoms with Crippen molar-refractivity contribution in [1.82, 2.24) is 9.47 Å². The molecule has 5 nitrogen and oxygen atoms in total. The Morgan fingerprint density at radius 1 is 0.788 bits per heavy atom. The molecule has 0 unspecified atom stereocenters. The summed E-state index contributed by atoms with van der Waals surface area (Å²) in [5.41, 5.74) is 2.43. The molecular formula is C27H26FN3O2. The Hall–Kier alpha value is -3.67. The van der Waals surface area contributed by atoms with E-state index >= 15 is 0 Å². The number of carbonyl (C=O) groups excluding carboxylic acids is 1. The minimum atomic E-state index is -0.224. The Kier molecular flexibility index (Phi) is 5.82. The summed E-state index contributed by atoms with van der Waals surface area (Å²) in [5, 5.41) is 1.40. The van der Waals surface area contributed by atoms with Crippen LogP contribution in [0.15, 0.2) is 77.6 Å². The fourth-order valence-electron chi connectivity index (χ4n) is 4.77. The number of hydrogen-bond donors (Lipinski definition) is 0. The highest BCUT2D eigenvalue weighted by Crippen LogP contribution is 2.22. The van der Waals surface area contributed by atoms with Gasteiger partial charge in [0, 0.05) is 49.9 Å². The third-order valence-electron chi connectivity index (χ3n) is 6.48. The van der Waals surface area contributed by atoms with Gasteiger partial charge >= 0.3 is 0 Å². The van der Waals surface area contributed by atoms with Crippen LogP contribution in [-0.2, 0) is 11.3 Å². The zero-order chi connectivity index (χ0) is 22.8. The second-order valence-corrected chi connectivity index (χ2v) is 8.44. The Balaban J connectivity index is 1.26. The van der Waals surface area contributed by atoms with E-state index < -0.39 is 0 Å². The maximum Gasteiger partial charge on any atom is 0.222 e. The van der Waals surface area contributed by atoms with E-state index in [4.69, 9.17) is 0 Å². The first kappa shape index (κ1) is 21.2. The van der Waals surface area contributed by atoms with E-state index in [9.17, 15) is 14.0 Å². The predicted octanol–water partition coefficient (Wildman–Crippen LogP) is 4.42. The van der Waals surface area contributed by atoms with Gasteiger partial charge in [-0.3, -0.25) is 9.59 Å². The van der Waals surface area contributed by atoms with Crippen molar-refractivity contribution in [2.24, 2.45) is 0 Å². The summed E-state index contributed by atoms with van der Waals surface area (Å²) in [6.07, 6.45) is 1.12. The maximum atomic E-state index is 14.1. The van der Waals surface area contributed by atoms with Gasteiger partial charge in [-0.05, 0) is 42.8 Å². The van der Waals surface area contributed by atoms with Gasteiger partial charge in [-0.15, -0.1) is 0 Å². The van der Waals surface area contributed by atoms with Crippen LogP contribution in [0.25, 0.3) is 21.8 Å². The summed E-state index contributed by atoms with van der Waals surface area (Å²) >= 11 is 0. The molecule has 6 heteroatoms. The van der Waals surface area contributed by atoms with Gasteiger partial charge in [0.05, 0.1) is 16.7 Å². The first-order valence-corrected chi connectivity index (χ1v) is 11.4. The van der Waals surface area contributed by atoms with Crippen molar-refractivity contribution in [3.63, 3.8) is 0 Å². The molecule has 0 atom stereocenters. The lowest BCUT2D eigenvalue weighted by molar-refractivity contribution is -0.131. The number of aryl methyl sites for hydroxylation is 1. The van der Waals surface area contributed by atoms with Crippen molar-refractivity contribution in [2.75, 3.05) is 31.1 Å². The molecule has 0 aliphatic carbocycles. The largest absolute Gasteiger partial charge is 0.366 e. The van der Waals surface area contributed by atoms with Gasteiger partial charge in [0.1, 0.15) is 5.82 Å². The van der Waals surface area contributed by atoms with Crippen molar-refractivity contribution in [3.05, 3.63) is 88.8 Å². The average Bonchev–Trinajstić information content (AvgIpc) is 2.86. The molecule has 4 aromatic rings. The van der Waals surface area contributed by atoms with Crippen LogP contribution in [0.2, 0.25) is 0 Å². The second-order valence-electron chi connectivity index (χ2n) is 8.44. The summed E-state index contributed by atoms with van der Waals surface area (Å²) in [6, 6.07) is 22.1. The van der Waals surface area contributed by atoms with E-state index in [0.717, 1.165) is 11.0 Å². The van der Waals surface area contributed by atoms with Crippen molar-refractivity contribution in [3.8, 4) is 0 Å². The number of benzene rings is 3. The van der Waals surface area contributed by atoms with Crippen LogP contribution in [-0.4, -0.2) is 41.6 Å². The Labute approximate surface area is 191 Å². The normalized spacial score (nSPS) is 14.2. The molecule has 0 N–H and O–H groups in total. The average molecular weight is 444 g/mol. The number of carbonyl (C=O) groups is 1. The molecule has 168 valence electrons. The molecule has 3 aromatic carbocycles. The smallest absolute Gasteiger partial charge is 0.222 e. The maximum absolute atomic E-state index is 14.1. The molecule has 5 rings (SSSR count). The number of hydrogen-bond acceptors (Lipinski definition) is 3. The fourth-order valence-corrected chi connectivity index (χ4v) is 4.77. The van der Waals surface area contributed by atoms with E-state index in [-0.39, 0.29) is 17.2 Å². The minimum absolute atomic E-state index is 0.0428. The van der Waals surface area contributed by atoms with Gasteiger partial charge < -0.3 is 14.4 Å². The number of halogens is 1. The highest BCUT2D eigenvalue weighted by molar-refractivity contribution is 5.93. The lowest BCUT2D eigenvalue weighted by Gasteiger charge is -2.36. The zero-order valence-corrected chi connectivity index (χ0v) is 18.4.